The molecule has 4 N–H and O–H groups in total. The third-order valence-electron chi connectivity index (χ3n) is 4.03. The van der Waals surface area contributed by atoms with Crippen molar-refractivity contribution >= 4 is 23.2 Å². The molecule has 2 rings (SSSR count). The molecule has 0 bridgehead atoms. The van der Waals surface area contributed by atoms with E-state index in [-0.39, 0.29) is 5.69 Å². The van der Waals surface area contributed by atoms with E-state index in [0.29, 0.717) is 31.7 Å². The van der Waals surface area contributed by atoms with Crippen molar-refractivity contribution in [2.45, 2.75) is 44.6 Å². The second-order valence-electron chi connectivity index (χ2n) is 5.69. The Morgan fingerprint density at radius 3 is 2.76 bits per heavy atom. The molecule has 0 saturated heterocycles. The molecule has 1 aliphatic carbocycles. The van der Waals surface area contributed by atoms with Crippen LogP contribution in [0.1, 0.15) is 48.1 Å². The van der Waals surface area contributed by atoms with Crippen LogP contribution < -0.4 is 11.1 Å². The summed E-state index contributed by atoms with van der Waals surface area (Å²) in [5.74, 6) is -0.864. The Hall–Kier alpha value is -1.47. The van der Waals surface area contributed by atoms with Crippen molar-refractivity contribution in [3.05, 3.63) is 16.1 Å². The lowest BCUT2D eigenvalue weighted by atomic mass is 9.77. The maximum Gasteiger partial charge on any atom is 0.329 e. The maximum absolute atomic E-state index is 12.3. The highest BCUT2D eigenvalue weighted by atomic mass is 32.1. The standard InChI is InChI=1S/C14H21N3O3S/c1-9-2-5-14(6-3-9,13(19)20)17-12(18)10-8-21-11(16-10)4-7-15/h8-9H,2-7,15H2,1H3,(H,17,18)(H,19,20). The van der Waals surface area contributed by atoms with Crippen LogP contribution in [0.15, 0.2) is 5.38 Å². The van der Waals surface area contributed by atoms with Crippen molar-refractivity contribution in [1.29, 1.82) is 0 Å². The zero-order valence-corrected chi connectivity index (χ0v) is 12.9. The number of aromatic nitrogens is 1. The van der Waals surface area contributed by atoms with Crippen molar-refractivity contribution in [2.75, 3.05) is 6.54 Å². The zero-order chi connectivity index (χ0) is 15.5. The fourth-order valence-corrected chi connectivity index (χ4v) is 3.38. The van der Waals surface area contributed by atoms with E-state index in [0.717, 1.165) is 17.8 Å². The maximum atomic E-state index is 12.3. The molecule has 0 spiro atoms. The summed E-state index contributed by atoms with van der Waals surface area (Å²) in [6.07, 6.45) is 3.17. The number of aliphatic carboxylic acids is 1. The van der Waals surface area contributed by atoms with Gasteiger partial charge in [0.05, 0.1) is 5.01 Å². The second-order valence-corrected chi connectivity index (χ2v) is 6.63. The molecule has 1 fully saturated rings. The molecule has 1 amide bonds. The van der Waals surface area contributed by atoms with E-state index in [1.165, 1.54) is 11.3 Å². The van der Waals surface area contributed by atoms with E-state index in [1.807, 2.05) is 0 Å². The number of rotatable bonds is 5. The minimum Gasteiger partial charge on any atom is -0.480 e. The Morgan fingerprint density at radius 1 is 1.52 bits per heavy atom. The Morgan fingerprint density at radius 2 is 2.19 bits per heavy atom. The zero-order valence-electron chi connectivity index (χ0n) is 12.1. The van der Waals surface area contributed by atoms with Crippen LogP contribution in [-0.4, -0.2) is 34.1 Å². The molecule has 1 aliphatic rings. The summed E-state index contributed by atoms with van der Waals surface area (Å²) in [6, 6.07) is 0. The quantitative estimate of drug-likeness (QED) is 0.762. The summed E-state index contributed by atoms with van der Waals surface area (Å²) >= 11 is 1.37. The number of nitrogens with zero attached hydrogens (tertiary/aromatic N) is 1. The van der Waals surface area contributed by atoms with Crippen molar-refractivity contribution in [2.24, 2.45) is 11.7 Å². The highest BCUT2D eigenvalue weighted by Crippen LogP contribution is 2.32. The van der Waals surface area contributed by atoms with Crippen molar-refractivity contribution < 1.29 is 14.7 Å². The molecule has 6 nitrogen and oxygen atoms in total. The van der Waals surface area contributed by atoms with Gasteiger partial charge in [0, 0.05) is 11.8 Å². The normalized spacial score (nSPS) is 25.5. The average molecular weight is 311 g/mol. The molecule has 1 aromatic rings. The Bertz CT molecular complexity index is 521. The van der Waals surface area contributed by atoms with Gasteiger partial charge in [-0.05, 0) is 38.1 Å². The Kier molecular flexibility index (Phi) is 4.95. The van der Waals surface area contributed by atoms with Gasteiger partial charge in [-0.25, -0.2) is 9.78 Å². The first-order chi connectivity index (χ1) is 9.97. The van der Waals surface area contributed by atoms with Gasteiger partial charge < -0.3 is 16.2 Å². The second kappa shape index (κ2) is 6.53. The minimum absolute atomic E-state index is 0.280. The summed E-state index contributed by atoms with van der Waals surface area (Å²) in [6.45, 7) is 2.58. The van der Waals surface area contributed by atoms with Crippen molar-refractivity contribution in [3.63, 3.8) is 0 Å². The van der Waals surface area contributed by atoms with Gasteiger partial charge in [-0.1, -0.05) is 6.92 Å². The molecular weight excluding hydrogens is 290 g/mol. The largest absolute Gasteiger partial charge is 0.480 e. The third kappa shape index (κ3) is 3.59. The molecule has 21 heavy (non-hydrogen) atoms. The highest BCUT2D eigenvalue weighted by Gasteiger charge is 2.42. The number of hydrogen-bond acceptors (Lipinski definition) is 5. The first-order valence-corrected chi connectivity index (χ1v) is 8.05. The van der Waals surface area contributed by atoms with Gasteiger partial charge in [0.15, 0.2) is 0 Å². The summed E-state index contributed by atoms with van der Waals surface area (Å²) in [4.78, 5) is 28.1. The number of carbonyl (C=O) groups excluding carboxylic acids is 1. The molecule has 0 aliphatic heterocycles. The summed E-state index contributed by atoms with van der Waals surface area (Å²) in [7, 11) is 0. The molecular formula is C14H21N3O3S. The van der Waals surface area contributed by atoms with Crippen LogP contribution in [0.25, 0.3) is 0 Å². The topological polar surface area (TPSA) is 105 Å². The minimum atomic E-state index is -1.15. The van der Waals surface area contributed by atoms with Gasteiger partial charge in [-0.2, -0.15) is 0 Å². The Balaban J connectivity index is 2.09. The lowest BCUT2D eigenvalue weighted by Crippen LogP contribution is -2.56. The molecule has 116 valence electrons. The molecule has 1 aromatic heterocycles. The van der Waals surface area contributed by atoms with Crippen LogP contribution in [0.3, 0.4) is 0 Å². The first-order valence-electron chi connectivity index (χ1n) is 7.17. The lowest BCUT2D eigenvalue weighted by Gasteiger charge is -2.36. The average Bonchev–Trinajstić information content (AvgIpc) is 2.90. The van der Waals surface area contributed by atoms with Crippen LogP contribution in [-0.2, 0) is 11.2 Å². The predicted molar refractivity (Wildman–Crippen MR) is 80.3 cm³/mol. The van der Waals surface area contributed by atoms with Crippen LogP contribution in [0.2, 0.25) is 0 Å². The van der Waals surface area contributed by atoms with Gasteiger partial charge in [0.25, 0.3) is 5.91 Å². The molecule has 0 atom stereocenters. The number of hydrogen-bond donors (Lipinski definition) is 3. The highest BCUT2D eigenvalue weighted by molar-refractivity contribution is 7.09. The van der Waals surface area contributed by atoms with Crippen LogP contribution in [0, 0.1) is 5.92 Å². The van der Waals surface area contributed by atoms with E-state index < -0.39 is 17.4 Å². The number of carboxylic acids is 1. The fraction of sp³-hybridized carbons (Fsp3) is 0.643. The SMILES string of the molecule is CC1CCC(NC(=O)c2csc(CCN)n2)(C(=O)O)CC1. The molecule has 1 heterocycles. The van der Waals surface area contributed by atoms with Crippen LogP contribution >= 0.6 is 11.3 Å². The van der Waals surface area contributed by atoms with Gasteiger partial charge >= 0.3 is 5.97 Å². The van der Waals surface area contributed by atoms with E-state index in [2.05, 4.69) is 17.2 Å². The fourth-order valence-electron chi connectivity index (χ4n) is 2.58. The molecule has 0 unspecified atom stereocenters. The summed E-state index contributed by atoms with van der Waals surface area (Å²) in [5, 5.41) is 14.7. The molecule has 0 radical (unpaired) electrons. The van der Waals surface area contributed by atoms with E-state index in [9.17, 15) is 14.7 Å². The molecule has 0 aromatic carbocycles. The summed E-state index contributed by atoms with van der Waals surface area (Å²) < 4.78 is 0. The van der Waals surface area contributed by atoms with E-state index >= 15 is 0 Å². The van der Waals surface area contributed by atoms with Gasteiger partial charge in [-0.3, -0.25) is 4.79 Å². The van der Waals surface area contributed by atoms with Gasteiger partial charge in [0.2, 0.25) is 0 Å². The number of nitrogens with two attached hydrogens (primary N) is 1. The lowest BCUT2D eigenvalue weighted by molar-refractivity contribution is -0.146. The molecule has 7 heteroatoms. The van der Waals surface area contributed by atoms with Crippen LogP contribution in [0.4, 0.5) is 0 Å². The van der Waals surface area contributed by atoms with Crippen LogP contribution in [0.5, 0.6) is 0 Å². The van der Waals surface area contributed by atoms with Crippen molar-refractivity contribution in [1.82, 2.24) is 10.3 Å². The number of nitrogens with one attached hydrogen (secondary N) is 1. The van der Waals surface area contributed by atoms with E-state index in [1.54, 1.807) is 5.38 Å². The molecule has 1 saturated carbocycles. The number of amides is 1. The van der Waals surface area contributed by atoms with Gasteiger partial charge in [-0.15, -0.1) is 11.3 Å². The summed E-state index contributed by atoms with van der Waals surface area (Å²) in [5.41, 5.74) is 4.59. The van der Waals surface area contributed by atoms with Crippen molar-refractivity contribution in [3.8, 4) is 0 Å². The van der Waals surface area contributed by atoms with E-state index in [4.69, 9.17) is 5.73 Å². The first kappa shape index (κ1) is 15.9. The number of thiazole rings is 1. The number of carbonyl (C=O) groups is 2. The Labute approximate surface area is 127 Å². The monoisotopic (exact) mass is 311 g/mol. The smallest absolute Gasteiger partial charge is 0.329 e. The number of carboxylic acid groups (broad SMARTS) is 1. The van der Waals surface area contributed by atoms with Gasteiger partial charge in [0.1, 0.15) is 11.2 Å². The third-order valence-corrected chi connectivity index (χ3v) is 4.94. The predicted octanol–water partition coefficient (Wildman–Crippen LogP) is 1.41.